The maximum absolute atomic E-state index is 13.0. The minimum absolute atomic E-state index is 0.149. The van der Waals surface area contributed by atoms with Gasteiger partial charge in [0.1, 0.15) is 0 Å². The molecule has 92 valence electrons. The minimum atomic E-state index is -0.989. The van der Waals surface area contributed by atoms with Crippen molar-refractivity contribution in [2.75, 3.05) is 0 Å². The van der Waals surface area contributed by atoms with Crippen LogP contribution in [-0.2, 0) is 0 Å². The average Bonchev–Trinajstić information content (AvgIpc) is 2.68. The van der Waals surface area contributed by atoms with Crippen LogP contribution < -0.4 is 5.32 Å². The van der Waals surface area contributed by atoms with Crippen LogP contribution in [0.4, 0.5) is 8.78 Å². The van der Waals surface area contributed by atoms with E-state index in [0.717, 1.165) is 31.4 Å². The van der Waals surface area contributed by atoms with Gasteiger partial charge in [-0.05, 0) is 37.0 Å². The summed E-state index contributed by atoms with van der Waals surface area (Å²) in [6.07, 6.45) is 3.16. The topological polar surface area (TPSA) is 29.1 Å². The summed E-state index contributed by atoms with van der Waals surface area (Å²) in [4.78, 5) is 11.8. The molecule has 2 unspecified atom stereocenters. The number of rotatable bonds is 2. The van der Waals surface area contributed by atoms with Crippen molar-refractivity contribution < 1.29 is 13.6 Å². The molecule has 0 bridgehead atoms. The van der Waals surface area contributed by atoms with Gasteiger partial charge in [-0.15, -0.1) is 0 Å². The zero-order valence-electron chi connectivity index (χ0n) is 9.67. The van der Waals surface area contributed by atoms with Crippen molar-refractivity contribution in [2.24, 2.45) is 5.92 Å². The molecule has 0 aliphatic heterocycles. The molecule has 0 heterocycles. The van der Waals surface area contributed by atoms with Crippen LogP contribution in [-0.4, -0.2) is 11.9 Å². The third-order valence-corrected chi connectivity index (χ3v) is 3.36. The Hall–Kier alpha value is -1.45. The van der Waals surface area contributed by atoms with Crippen LogP contribution in [0.2, 0.25) is 0 Å². The lowest BCUT2D eigenvalue weighted by molar-refractivity contribution is 0.0929. The van der Waals surface area contributed by atoms with Gasteiger partial charge in [0.25, 0.3) is 5.91 Å². The molecule has 1 saturated carbocycles. The summed E-state index contributed by atoms with van der Waals surface area (Å²) < 4.78 is 25.7. The number of amides is 1. The number of benzene rings is 1. The van der Waals surface area contributed by atoms with E-state index in [1.54, 1.807) is 0 Å². The summed E-state index contributed by atoms with van der Waals surface area (Å²) in [6, 6.07) is 3.36. The van der Waals surface area contributed by atoms with Gasteiger partial charge in [-0.1, -0.05) is 13.3 Å². The summed E-state index contributed by atoms with van der Waals surface area (Å²) in [6.45, 7) is 2.09. The first kappa shape index (κ1) is 12.0. The van der Waals surface area contributed by atoms with E-state index in [2.05, 4.69) is 12.2 Å². The SMILES string of the molecule is CC1CCCC1NC(=O)c1ccc(F)c(F)c1. The van der Waals surface area contributed by atoms with E-state index in [0.29, 0.717) is 5.92 Å². The molecular weight excluding hydrogens is 224 g/mol. The fourth-order valence-corrected chi connectivity index (χ4v) is 2.25. The van der Waals surface area contributed by atoms with Crippen molar-refractivity contribution in [1.29, 1.82) is 0 Å². The molecule has 2 rings (SSSR count). The highest BCUT2D eigenvalue weighted by Crippen LogP contribution is 2.25. The molecule has 1 aliphatic carbocycles. The normalized spacial score (nSPS) is 23.7. The third-order valence-electron chi connectivity index (χ3n) is 3.36. The highest BCUT2D eigenvalue weighted by Gasteiger charge is 2.25. The zero-order chi connectivity index (χ0) is 12.4. The first-order valence-corrected chi connectivity index (χ1v) is 5.84. The number of hydrogen-bond acceptors (Lipinski definition) is 1. The third kappa shape index (κ3) is 2.62. The second kappa shape index (κ2) is 4.82. The van der Waals surface area contributed by atoms with E-state index in [1.165, 1.54) is 6.07 Å². The molecule has 2 nitrogen and oxygen atoms in total. The molecule has 4 heteroatoms. The van der Waals surface area contributed by atoms with Crippen LogP contribution in [0.15, 0.2) is 18.2 Å². The van der Waals surface area contributed by atoms with Crippen LogP contribution in [0, 0.1) is 17.6 Å². The number of nitrogens with one attached hydrogen (secondary N) is 1. The van der Waals surface area contributed by atoms with Gasteiger partial charge in [0.05, 0.1) is 0 Å². The highest BCUT2D eigenvalue weighted by molar-refractivity contribution is 5.94. The highest BCUT2D eigenvalue weighted by atomic mass is 19.2. The standard InChI is InChI=1S/C13H15F2NO/c1-8-3-2-4-12(8)16-13(17)9-5-6-10(14)11(15)7-9/h5-8,12H,2-4H2,1H3,(H,16,17). The molecular formula is C13H15F2NO. The summed E-state index contributed by atoms with van der Waals surface area (Å²) in [5.74, 6) is -1.81. The lowest BCUT2D eigenvalue weighted by atomic mass is 10.1. The second-order valence-corrected chi connectivity index (χ2v) is 4.62. The summed E-state index contributed by atoms with van der Waals surface area (Å²) in [5, 5.41) is 2.86. The monoisotopic (exact) mass is 239 g/mol. The summed E-state index contributed by atoms with van der Waals surface area (Å²) in [5.41, 5.74) is 0.169. The maximum Gasteiger partial charge on any atom is 0.251 e. The predicted molar refractivity (Wildman–Crippen MR) is 60.6 cm³/mol. The van der Waals surface area contributed by atoms with Gasteiger partial charge >= 0.3 is 0 Å². The van der Waals surface area contributed by atoms with Crippen molar-refractivity contribution in [2.45, 2.75) is 32.2 Å². The van der Waals surface area contributed by atoms with E-state index in [9.17, 15) is 13.6 Å². The molecule has 1 aliphatic rings. The predicted octanol–water partition coefficient (Wildman–Crippen LogP) is 2.88. The molecule has 1 fully saturated rings. The quantitative estimate of drug-likeness (QED) is 0.844. The Morgan fingerprint density at radius 3 is 2.65 bits per heavy atom. The van der Waals surface area contributed by atoms with Crippen LogP contribution >= 0.6 is 0 Å². The average molecular weight is 239 g/mol. The molecule has 17 heavy (non-hydrogen) atoms. The van der Waals surface area contributed by atoms with E-state index in [4.69, 9.17) is 0 Å². The van der Waals surface area contributed by atoms with Gasteiger partial charge < -0.3 is 5.32 Å². The van der Waals surface area contributed by atoms with Gasteiger partial charge in [-0.2, -0.15) is 0 Å². The largest absolute Gasteiger partial charge is 0.349 e. The van der Waals surface area contributed by atoms with Crippen molar-refractivity contribution in [3.63, 3.8) is 0 Å². The van der Waals surface area contributed by atoms with Crippen LogP contribution in [0.1, 0.15) is 36.5 Å². The van der Waals surface area contributed by atoms with Gasteiger partial charge in [0, 0.05) is 11.6 Å². The van der Waals surface area contributed by atoms with E-state index in [1.807, 2.05) is 0 Å². The Labute approximate surface area is 99.0 Å². The smallest absolute Gasteiger partial charge is 0.251 e. The summed E-state index contributed by atoms with van der Waals surface area (Å²) in [7, 11) is 0. The second-order valence-electron chi connectivity index (χ2n) is 4.62. The first-order chi connectivity index (χ1) is 8.08. The van der Waals surface area contributed by atoms with E-state index >= 15 is 0 Å². The molecule has 0 saturated heterocycles. The molecule has 2 atom stereocenters. The number of carbonyl (C=O) groups excluding carboxylic acids is 1. The molecule has 1 aromatic rings. The Morgan fingerprint density at radius 1 is 1.29 bits per heavy atom. The molecule has 0 spiro atoms. The fraction of sp³-hybridized carbons (Fsp3) is 0.462. The van der Waals surface area contributed by atoms with Crippen LogP contribution in [0.25, 0.3) is 0 Å². The van der Waals surface area contributed by atoms with Gasteiger partial charge in [-0.3, -0.25) is 4.79 Å². The number of hydrogen-bond donors (Lipinski definition) is 1. The van der Waals surface area contributed by atoms with E-state index in [-0.39, 0.29) is 17.5 Å². The van der Waals surface area contributed by atoms with Crippen molar-refractivity contribution >= 4 is 5.91 Å². The lowest BCUT2D eigenvalue weighted by Crippen LogP contribution is -2.36. The molecule has 1 N–H and O–H groups in total. The van der Waals surface area contributed by atoms with Crippen molar-refractivity contribution in [3.05, 3.63) is 35.4 Å². The molecule has 0 aromatic heterocycles. The molecule has 0 radical (unpaired) electrons. The fourth-order valence-electron chi connectivity index (χ4n) is 2.25. The minimum Gasteiger partial charge on any atom is -0.349 e. The number of carbonyl (C=O) groups is 1. The first-order valence-electron chi connectivity index (χ1n) is 5.84. The number of halogens is 2. The Morgan fingerprint density at radius 2 is 2.06 bits per heavy atom. The van der Waals surface area contributed by atoms with Crippen molar-refractivity contribution in [3.8, 4) is 0 Å². The summed E-state index contributed by atoms with van der Waals surface area (Å²) >= 11 is 0. The molecule has 1 amide bonds. The van der Waals surface area contributed by atoms with Crippen LogP contribution in [0.5, 0.6) is 0 Å². The van der Waals surface area contributed by atoms with Crippen LogP contribution in [0.3, 0.4) is 0 Å². The molecule has 1 aromatic carbocycles. The van der Waals surface area contributed by atoms with Gasteiger partial charge in [0.15, 0.2) is 11.6 Å². The maximum atomic E-state index is 13.0. The lowest BCUT2D eigenvalue weighted by Gasteiger charge is -2.17. The Bertz CT molecular complexity index is 433. The van der Waals surface area contributed by atoms with E-state index < -0.39 is 11.6 Å². The Balaban J connectivity index is 2.06. The van der Waals surface area contributed by atoms with Gasteiger partial charge in [-0.25, -0.2) is 8.78 Å². The van der Waals surface area contributed by atoms with Crippen molar-refractivity contribution in [1.82, 2.24) is 5.32 Å². The Kier molecular flexibility index (Phi) is 3.41. The van der Waals surface area contributed by atoms with Gasteiger partial charge in [0.2, 0.25) is 0 Å². The zero-order valence-corrected chi connectivity index (χ0v) is 9.67.